The zero-order chi connectivity index (χ0) is 10.0. The quantitative estimate of drug-likeness (QED) is 0.723. The Balaban J connectivity index is 2.45. The molecule has 1 fully saturated rings. The van der Waals surface area contributed by atoms with Gasteiger partial charge >= 0.3 is 5.97 Å². The van der Waals surface area contributed by atoms with E-state index in [1.807, 2.05) is 0 Å². The highest BCUT2D eigenvalue weighted by Gasteiger charge is 2.31. The number of likely N-dealkylation sites (tertiary alicyclic amines) is 1. The van der Waals surface area contributed by atoms with Gasteiger partial charge in [-0.3, -0.25) is 9.69 Å². The van der Waals surface area contributed by atoms with Gasteiger partial charge in [0.25, 0.3) is 0 Å². The molecule has 0 bridgehead atoms. The number of carboxylic acids is 1. The van der Waals surface area contributed by atoms with Crippen LogP contribution in [0.4, 0.5) is 0 Å². The summed E-state index contributed by atoms with van der Waals surface area (Å²) in [5.74, 6) is -0.174. The predicted molar refractivity (Wildman–Crippen MR) is 51.6 cm³/mol. The Labute approximate surface area is 79.7 Å². The summed E-state index contributed by atoms with van der Waals surface area (Å²) < 4.78 is 0. The van der Waals surface area contributed by atoms with Crippen molar-refractivity contribution in [3.8, 4) is 0 Å². The van der Waals surface area contributed by atoms with E-state index < -0.39 is 5.97 Å². The van der Waals surface area contributed by atoms with Crippen molar-refractivity contribution in [3.05, 3.63) is 0 Å². The summed E-state index contributed by atoms with van der Waals surface area (Å²) in [6, 6.07) is 0.504. The SMILES string of the molecule is CC(C)C(C)N1CCC(C(=O)O)C1. The second-order valence-electron chi connectivity index (χ2n) is 4.30. The molecule has 0 aliphatic carbocycles. The number of carbonyl (C=O) groups is 1. The molecule has 0 radical (unpaired) electrons. The van der Waals surface area contributed by atoms with Crippen LogP contribution in [0.5, 0.6) is 0 Å². The van der Waals surface area contributed by atoms with E-state index in [1.165, 1.54) is 0 Å². The molecule has 1 aliphatic rings. The smallest absolute Gasteiger partial charge is 0.307 e. The van der Waals surface area contributed by atoms with Gasteiger partial charge in [0.2, 0.25) is 0 Å². The molecule has 0 amide bonds. The van der Waals surface area contributed by atoms with Crippen LogP contribution in [0, 0.1) is 11.8 Å². The Morgan fingerprint density at radius 3 is 2.46 bits per heavy atom. The number of aliphatic carboxylic acids is 1. The summed E-state index contributed by atoms with van der Waals surface area (Å²) >= 11 is 0. The molecule has 0 aromatic rings. The predicted octanol–water partition coefficient (Wildman–Crippen LogP) is 1.44. The number of hydrogen-bond acceptors (Lipinski definition) is 2. The molecular weight excluding hydrogens is 166 g/mol. The normalized spacial score (nSPS) is 26.6. The molecule has 1 N–H and O–H groups in total. The maximum atomic E-state index is 10.7. The number of rotatable bonds is 3. The van der Waals surface area contributed by atoms with Crippen LogP contribution in [0.2, 0.25) is 0 Å². The van der Waals surface area contributed by atoms with E-state index in [-0.39, 0.29) is 5.92 Å². The van der Waals surface area contributed by atoms with Crippen molar-refractivity contribution in [2.24, 2.45) is 11.8 Å². The molecule has 2 atom stereocenters. The van der Waals surface area contributed by atoms with Gasteiger partial charge in [-0.25, -0.2) is 0 Å². The average molecular weight is 185 g/mol. The average Bonchev–Trinajstić information content (AvgIpc) is 2.50. The second kappa shape index (κ2) is 4.09. The lowest BCUT2D eigenvalue weighted by molar-refractivity contribution is -0.141. The summed E-state index contributed by atoms with van der Waals surface area (Å²) in [5, 5.41) is 8.82. The van der Waals surface area contributed by atoms with Crippen molar-refractivity contribution in [1.29, 1.82) is 0 Å². The van der Waals surface area contributed by atoms with Crippen LogP contribution >= 0.6 is 0 Å². The van der Waals surface area contributed by atoms with Gasteiger partial charge < -0.3 is 5.11 Å². The second-order valence-corrected chi connectivity index (χ2v) is 4.30. The monoisotopic (exact) mass is 185 g/mol. The number of hydrogen-bond donors (Lipinski definition) is 1. The largest absolute Gasteiger partial charge is 0.481 e. The molecule has 76 valence electrons. The molecule has 2 unspecified atom stereocenters. The highest BCUT2D eigenvalue weighted by Crippen LogP contribution is 2.21. The third-order valence-electron chi connectivity index (χ3n) is 3.11. The maximum Gasteiger partial charge on any atom is 0.307 e. The summed E-state index contributed by atoms with van der Waals surface area (Å²) in [6.07, 6.45) is 0.812. The molecule has 0 spiro atoms. The third kappa shape index (κ3) is 2.44. The van der Waals surface area contributed by atoms with Gasteiger partial charge in [-0.1, -0.05) is 13.8 Å². The van der Waals surface area contributed by atoms with Crippen LogP contribution < -0.4 is 0 Å². The van der Waals surface area contributed by atoms with E-state index in [4.69, 9.17) is 5.11 Å². The molecule has 1 rings (SSSR count). The van der Waals surface area contributed by atoms with Crippen molar-refractivity contribution in [2.45, 2.75) is 33.2 Å². The first-order chi connectivity index (χ1) is 6.02. The first kappa shape index (κ1) is 10.5. The van der Waals surface area contributed by atoms with E-state index >= 15 is 0 Å². The van der Waals surface area contributed by atoms with E-state index in [2.05, 4.69) is 25.7 Å². The summed E-state index contributed by atoms with van der Waals surface area (Å²) in [5.41, 5.74) is 0. The fourth-order valence-corrected chi connectivity index (χ4v) is 1.78. The van der Waals surface area contributed by atoms with Gasteiger partial charge in [0.1, 0.15) is 0 Å². The van der Waals surface area contributed by atoms with E-state index in [1.54, 1.807) is 0 Å². The topological polar surface area (TPSA) is 40.5 Å². The van der Waals surface area contributed by atoms with Crippen molar-refractivity contribution in [1.82, 2.24) is 4.90 Å². The lowest BCUT2D eigenvalue weighted by Crippen LogP contribution is -2.35. The Hall–Kier alpha value is -0.570. The molecule has 3 heteroatoms. The van der Waals surface area contributed by atoms with E-state index in [9.17, 15) is 4.79 Å². The molecule has 0 aromatic carbocycles. The zero-order valence-corrected chi connectivity index (χ0v) is 8.66. The van der Waals surface area contributed by atoms with Crippen molar-refractivity contribution in [2.75, 3.05) is 13.1 Å². The minimum Gasteiger partial charge on any atom is -0.481 e. The van der Waals surface area contributed by atoms with Crippen molar-refractivity contribution >= 4 is 5.97 Å². The summed E-state index contributed by atoms with van der Waals surface area (Å²) in [4.78, 5) is 13.0. The molecule has 1 saturated heterocycles. The van der Waals surface area contributed by atoms with Crippen LogP contribution in [-0.2, 0) is 4.79 Å². The fraction of sp³-hybridized carbons (Fsp3) is 0.900. The molecular formula is C10H19NO2. The third-order valence-corrected chi connectivity index (χ3v) is 3.11. The van der Waals surface area contributed by atoms with Crippen LogP contribution in [0.3, 0.4) is 0 Å². The van der Waals surface area contributed by atoms with Crippen LogP contribution in [0.25, 0.3) is 0 Å². The summed E-state index contributed by atoms with van der Waals surface area (Å²) in [7, 11) is 0. The minimum absolute atomic E-state index is 0.138. The Bertz CT molecular complexity index is 191. The Morgan fingerprint density at radius 1 is 1.46 bits per heavy atom. The highest BCUT2D eigenvalue weighted by molar-refractivity contribution is 5.70. The maximum absolute atomic E-state index is 10.7. The number of carboxylic acid groups (broad SMARTS) is 1. The molecule has 0 saturated carbocycles. The van der Waals surface area contributed by atoms with Gasteiger partial charge in [-0.15, -0.1) is 0 Å². The van der Waals surface area contributed by atoms with Gasteiger partial charge in [-0.2, -0.15) is 0 Å². The first-order valence-electron chi connectivity index (χ1n) is 4.99. The van der Waals surface area contributed by atoms with Crippen LogP contribution in [-0.4, -0.2) is 35.1 Å². The van der Waals surface area contributed by atoms with E-state index in [0.29, 0.717) is 12.0 Å². The van der Waals surface area contributed by atoms with Gasteiger partial charge in [0.15, 0.2) is 0 Å². The number of nitrogens with zero attached hydrogens (tertiary/aromatic N) is 1. The molecule has 0 aromatic heterocycles. The van der Waals surface area contributed by atoms with Gasteiger partial charge in [0, 0.05) is 12.6 Å². The van der Waals surface area contributed by atoms with Gasteiger partial charge in [-0.05, 0) is 25.8 Å². The van der Waals surface area contributed by atoms with Crippen LogP contribution in [0.1, 0.15) is 27.2 Å². The van der Waals surface area contributed by atoms with Gasteiger partial charge in [0.05, 0.1) is 5.92 Å². The Morgan fingerprint density at radius 2 is 2.08 bits per heavy atom. The lowest BCUT2D eigenvalue weighted by atomic mass is 10.1. The molecule has 13 heavy (non-hydrogen) atoms. The van der Waals surface area contributed by atoms with Crippen molar-refractivity contribution in [3.63, 3.8) is 0 Å². The molecule has 1 aliphatic heterocycles. The van der Waals surface area contributed by atoms with Crippen LogP contribution in [0.15, 0.2) is 0 Å². The first-order valence-corrected chi connectivity index (χ1v) is 4.99. The van der Waals surface area contributed by atoms with E-state index in [0.717, 1.165) is 19.5 Å². The Kier molecular flexibility index (Phi) is 3.31. The standard InChI is InChI=1S/C10H19NO2/c1-7(2)8(3)11-5-4-9(6-11)10(12)13/h7-9H,4-6H2,1-3H3,(H,12,13). The molecule has 1 heterocycles. The minimum atomic E-state index is -0.640. The lowest BCUT2D eigenvalue weighted by Gasteiger charge is -2.27. The zero-order valence-electron chi connectivity index (χ0n) is 8.66. The fourth-order valence-electron chi connectivity index (χ4n) is 1.78. The molecule has 3 nitrogen and oxygen atoms in total. The summed E-state index contributed by atoms with van der Waals surface area (Å²) in [6.45, 7) is 8.21. The van der Waals surface area contributed by atoms with Crippen molar-refractivity contribution < 1.29 is 9.90 Å². The highest BCUT2D eigenvalue weighted by atomic mass is 16.4.